The molecule has 0 unspecified atom stereocenters. The Balaban J connectivity index is 0.000000130. The van der Waals surface area contributed by atoms with Crippen molar-refractivity contribution < 1.29 is 47.7 Å². The van der Waals surface area contributed by atoms with Crippen molar-refractivity contribution in [2.75, 3.05) is 0 Å². The van der Waals surface area contributed by atoms with Crippen molar-refractivity contribution in [2.24, 2.45) is 0 Å². The second-order valence-electron chi connectivity index (χ2n) is 28.8. The molecule has 20 rings (SSSR count). The first-order chi connectivity index (χ1) is 60.4. The molecule has 20 aromatic rings. The van der Waals surface area contributed by atoms with Gasteiger partial charge < -0.3 is 9.97 Å². The molecular formula is C111H84F2N10Rh2. The van der Waals surface area contributed by atoms with Crippen LogP contribution in [-0.2, 0) is 39.0 Å². The van der Waals surface area contributed by atoms with Crippen LogP contribution in [0.2, 0.25) is 0 Å². The monoisotopic (exact) mass is 1800 g/mol. The summed E-state index contributed by atoms with van der Waals surface area (Å²) < 4.78 is 33.4. The van der Waals surface area contributed by atoms with Crippen molar-refractivity contribution >= 4 is 0 Å². The van der Waals surface area contributed by atoms with Gasteiger partial charge in [-0.2, -0.15) is 117 Å². The van der Waals surface area contributed by atoms with Crippen LogP contribution in [0.1, 0.15) is 28.3 Å². The Labute approximate surface area is 755 Å². The fraction of sp³-hybridized carbons (Fsp3) is 0.0450. The molecule has 6 aromatic heterocycles. The Hall–Kier alpha value is -14.7. The number of pyridine rings is 2. The van der Waals surface area contributed by atoms with E-state index in [1.54, 1.807) is 30.6 Å². The fourth-order valence-corrected chi connectivity index (χ4v) is 14.1. The molecule has 0 saturated heterocycles. The van der Waals surface area contributed by atoms with Crippen molar-refractivity contribution in [1.82, 2.24) is 49.1 Å². The van der Waals surface area contributed by atoms with E-state index in [1.165, 1.54) is 72.3 Å². The molecule has 0 saturated carbocycles. The van der Waals surface area contributed by atoms with Crippen LogP contribution in [0.3, 0.4) is 0 Å². The summed E-state index contributed by atoms with van der Waals surface area (Å²) in [4.78, 5) is 8.19. The quantitative estimate of drug-likeness (QED) is 0.0795. The molecule has 0 amide bonds. The van der Waals surface area contributed by atoms with Crippen molar-refractivity contribution in [3.8, 4) is 134 Å². The molecule has 0 aliphatic carbocycles. The minimum atomic E-state index is -0.649. The maximum Gasteiger partial charge on any atom is 3.00 e. The number of aromatic nitrogens is 10. The van der Waals surface area contributed by atoms with E-state index in [1.807, 2.05) is 195 Å². The van der Waals surface area contributed by atoms with Gasteiger partial charge in [0.25, 0.3) is 0 Å². The minimum Gasteiger partial charge on any atom is -0.305 e. The molecule has 0 aliphatic heterocycles. The Morgan fingerprint density at radius 2 is 0.600 bits per heavy atom. The fourth-order valence-electron chi connectivity index (χ4n) is 14.1. The summed E-state index contributed by atoms with van der Waals surface area (Å²) in [5.41, 5.74) is 31.1. The minimum absolute atomic E-state index is 0. The van der Waals surface area contributed by atoms with Gasteiger partial charge in [-0.05, 0) is 141 Å². The predicted molar refractivity (Wildman–Crippen MR) is 494 cm³/mol. The largest absolute Gasteiger partial charge is 3.00 e. The first-order valence-electron chi connectivity index (χ1n) is 40.3. The summed E-state index contributed by atoms with van der Waals surface area (Å²) in [6.07, 6.45) is 11.2. The van der Waals surface area contributed by atoms with E-state index >= 15 is 0 Å². The van der Waals surface area contributed by atoms with Gasteiger partial charge in [-0.25, -0.2) is 0 Å². The molecule has 610 valence electrons. The van der Waals surface area contributed by atoms with Crippen LogP contribution in [0.15, 0.2) is 419 Å². The number of halogens is 2. The summed E-state index contributed by atoms with van der Waals surface area (Å²) in [6, 6.07) is 145. The molecule has 10 nitrogen and oxygen atoms in total. The maximum atomic E-state index is 13.2. The van der Waals surface area contributed by atoms with Gasteiger partial charge in [-0.15, -0.1) is 71.8 Å². The summed E-state index contributed by atoms with van der Waals surface area (Å²) in [6.45, 7) is 10.4. The summed E-state index contributed by atoms with van der Waals surface area (Å²) in [5, 5.41) is 18.3. The Morgan fingerprint density at radius 1 is 0.280 bits per heavy atom. The number of hydrogen-bond donors (Lipinski definition) is 0. The van der Waals surface area contributed by atoms with Crippen molar-refractivity contribution in [3.05, 3.63) is 496 Å². The Bertz CT molecular complexity index is 6330. The number of rotatable bonds is 14. The van der Waals surface area contributed by atoms with Gasteiger partial charge in [0.05, 0.1) is 23.8 Å². The molecule has 0 fully saturated rings. The summed E-state index contributed by atoms with van der Waals surface area (Å²) >= 11 is 0. The second-order valence-corrected chi connectivity index (χ2v) is 28.8. The molecule has 0 bridgehead atoms. The third-order valence-electron chi connectivity index (χ3n) is 20.4. The van der Waals surface area contributed by atoms with E-state index in [-0.39, 0.29) is 44.5 Å². The molecule has 0 radical (unpaired) electrons. The van der Waals surface area contributed by atoms with Gasteiger partial charge in [-0.3, -0.25) is 27.5 Å². The van der Waals surface area contributed by atoms with E-state index in [0.717, 1.165) is 91.2 Å². The summed E-state index contributed by atoms with van der Waals surface area (Å²) in [7, 11) is 0. The molecule has 0 aliphatic rings. The maximum absolute atomic E-state index is 13.2. The van der Waals surface area contributed by atoms with Gasteiger partial charge >= 0.3 is 39.0 Å². The van der Waals surface area contributed by atoms with Crippen LogP contribution < -0.4 is 0 Å². The Morgan fingerprint density at radius 3 is 0.920 bits per heavy atom. The number of aryl methyl sites for hydroxylation is 3. The van der Waals surface area contributed by atoms with E-state index in [9.17, 15) is 8.78 Å². The molecule has 0 N–H and O–H groups in total. The predicted octanol–water partition coefficient (Wildman–Crippen LogP) is 26.9. The molecule has 14 aromatic carbocycles. The van der Waals surface area contributed by atoms with E-state index in [2.05, 4.69) is 291 Å². The zero-order valence-electron chi connectivity index (χ0n) is 69.2. The molecular weight excluding hydrogens is 1720 g/mol. The van der Waals surface area contributed by atoms with Crippen molar-refractivity contribution in [2.45, 2.75) is 34.6 Å². The zero-order valence-corrected chi connectivity index (χ0v) is 72.5. The summed E-state index contributed by atoms with van der Waals surface area (Å²) in [5.74, 6) is -1.29. The molecule has 6 heterocycles. The number of nitrogens with zero attached hydrogens (tertiary/aromatic N) is 10. The van der Waals surface area contributed by atoms with Crippen LogP contribution in [0, 0.1) is 82.7 Å². The topological polar surface area (TPSA) is 97.1 Å². The smallest absolute Gasteiger partial charge is 0.305 e. The van der Waals surface area contributed by atoms with Crippen LogP contribution in [0.25, 0.3) is 134 Å². The number of hydrogen-bond acceptors (Lipinski definition) is 6. The van der Waals surface area contributed by atoms with Gasteiger partial charge in [0.15, 0.2) is 0 Å². The van der Waals surface area contributed by atoms with E-state index in [0.29, 0.717) is 5.69 Å². The zero-order chi connectivity index (χ0) is 84.5. The van der Waals surface area contributed by atoms with Crippen LogP contribution in [0.4, 0.5) is 8.78 Å². The SMILES string of the molecule is Cc1c[c-]c(-c2ccccn2)cc1.Cc1nn(-c2[c-]cccc2)c(C)c1-c1ccc(-c2ccccc2)cc1.Cc1nn(-c2[c-]cccc2)c(C)c1-c1ccc(-c2ccccc2)cc1.Fc1c[c-]c(-c2ccccn2)c(F)c1.[Rh+3].[Rh+3].[c-]1ccccc1-n1cc(-c2ccc(-c3ccccc3)cc2)cn1.[c-]1ccccc1-n1cc(-c2ccc(-c3ccccc3)cc2)cn1. The van der Waals surface area contributed by atoms with Crippen LogP contribution >= 0.6 is 0 Å². The van der Waals surface area contributed by atoms with Crippen molar-refractivity contribution in [1.29, 1.82) is 0 Å². The number of benzene rings is 14. The first kappa shape index (κ1) is 88.1. The Kier molecular flexibility index (Phi) is 30.8. The van der Waals surface area contributed by atoms with Gasteiger partial charge in [0.2, 0.25) is 0 Å². The third kappa shape index (κ3) is 22.9. The number of para-hydroxylation sites is 4. The van der Waals surface area contributed by atoms with Gasteiger partial charge in [-0.1, -0.05) is 261 Å². The molecule has 0 atom stereocenters. The standard InChI is InChI=1S/2C23H19N2.2C21H15N2.C12H10N.C11H6F2N.2Rh/c2*1-17-23(18(2)25(24-17)22-11-7-4-8-12-22)21-15-13-20(14-16-21)19-9-5-3-6-10-19;2*1-3-7-17(8-4-1)18-11-13-19(14-12-18)20-15-22-23(16-20)21-9-5-2-6-10-21;1-10-5-7-11(8-6-10)12-4-2-3-9-13-12;12-8-4-5-9(10(13)7-8)11-3-1-2-6-14-11;;/h2*3-11,13-16H,1-2H3;2*1-9,11-16H;2-7,9H,1H3;1-4,6-7H;;/q6*-1;2*+3. The third-order valence-corrected chi connectivity index (χ3v) is 20.4. The average molecular weight is 1800 g/mol. The molecule has 14 heteroatoms. The first-order valence-corrected chi connectivity index (χ1v) is 40.3. The molecule has 125 heavy (non-hydrogen) atoms. The van der Waals surface area contributed by atoms with Gasteiger partial charge in [0, 0.05) is 70.1 Å². The van der Waals surface area contributed by atoms with E-state index < -0.39 is 11.6 Å². The van der Waals surface area contributed by atoms with Crippen LogP contribution in [0.5, 0.6) is 0 Å². The average Bonchev–Trinajstić information content (AvgIpc) is 1.64. The van der Waals surface area contributed by atoms with E-state index in [4.69, 9.17) is 10.2 Å². The van der Waals surface area contributed by atoms with Crippen molar-refractivity contribution in [3.63, 3.8) is 0 Å². The van der Waals surface area contributed by atoms with Crippen LogP contribution in [-0.4, -0.2) is 49.1 Å². The second kappa shape index (κ2) is 43.7. The van der Waals surface area contributed by atoms with Gasteiger partial charge in [0.1, 0.15) is 0 Å². The normalized spacial score (nSPS) is 10.4. The molecule has 0 spiro atoms.